The van der Waals surface area contributed by atoms with Crippen LogP contribution in [0.15, 0.2) is 77.9 Å². The molecule has 0 saturated carbocycles. The van der Waals surface area contributed by atoms with Crippen molar-refractivity contribution in [2.24, 2.45) is 5.10 Å². The lowest BCUT2D eigenvalue weighted by molar-refractivity contribution is 0.114. The Hall–Kier alpha value is -2.62. The highest BCUT2D eigenvalue weighted by Crippen LogP contribution is 2.46. The first-order chi connectivity index (χ1) is 13.8. The SMILES string of the molecule is Clc1ccc(C=NN2CCN(C3c4ccccc4-c4ccccc43)CC2)cc1. The zero-order valence-corrected chi connectivity index (χ0v) is 16.4. The maximum atomic E-state index is 5.95. The maximum Gasteiger partial charge on any atom is 0.0615 e. The summed E-state index contributed by atoms with van der Waals surface area (Å²) in [7, 11) is 0. The molecule has 1 fully saturated rings. The minimum Gasteiger partial charge on any atom is -0.294 e. The molecule has 0 aromatic heterocycles. The van der Waals surface area contributed by atoms with Gasteiger partial charge in [-0.3, -0.25) is 9.91 Å². The predicted octanol–water partition coefficient (Wildman–Crippen LogP) is 5.06. The normalized spacial score (nSPS) is 17.1. The van der Waals surface area contributed by atoms with E-state index in [4.69, 9.17) is 11.6 Å². The van der Waals surface area contributed by atoms with Crippen LogP contribution in [0.25, 0.3) is 11.1 Å². The average molecular weight is 388 g/mol. The van der Waals surface area contributed by atoms with Crippen molar-refractivity contribution < 1.29 is 0 Å². The van der Waals surface area contributed by atoms with Crippen LogP contribution in [0.1, 0.15) is 22.7 Å². The molecule has 1 aliphatic carbocycles. The van der Waals surface area contributed by atoms with E-state index in [-0.39, 0.29) is 0 Å². The first kappa shape index (κ1) is 17.5. The van der Waals surface area contributed by atoms with Crippen molar-refractivity contribution in [2.45, 2.75) is 6.04 Å². The molecular weight excluding hydrogens is 366 g/mol. The second-order valence-corrected chi connectivity index (χ2v) is 7.80. The van der Waals surface area contributed by atoms with Gasteiger partial charge in [-0.2, -0.15) is 5.10 Å². The summed E-state index contributed by atoms with van der Waals surface area (Å²) >= 11 is 5.95. The van der Waals surface area contributed by atoms with E-state index < -0.39 is 0 Å². The maximum absolute atomic E-state index is 5.95. The molecule has 3 nitrogen and oxygen atoms in total. The molecule has 0 spiro atoms. The standard InChI is InChI=1S/C24H22ClN3/c25-19-11-9-18(10-12-19)17-26-28-15-13-27(14-16-28)24-22-7-3-1-5-20(22)21-6-2-4-8-23(21)24/h1-12,17,24H,13-16H2. The lowest BCUT2D eigenvalue weighted by Crippen LogP contribution is -2.45. The molecule has 1 heterocycles. The molecule has 0 unspecified atom stereocenters. The third kappa shape index (κ3) is 3.21. The van der Waals surface area contributed by atoms with Gasteiger partial charge in [0.05, 0.1) is 12.3 Å². The molecule has 140 valence electrons. The molecule has 2 aliphatic rings. The van der Waals surface area contributed by atoms with Gasteiger partial charge in [0.25, 0.3) is 0 Å². The Morgan fingerprint density at radius 2 is 1.32 bits per heavy atom. The molecule has 0 amide bonds. The van der Waals surface area contributed by atoms with Gasteiger partial charge in [0.15, 0.2) is 0 Å². The number of benzene rings is 3. The highest BCUT2D eigenvalue weighted by Gasteiger charge is 2.33. The minimum atomic E-state index is 0.356. The van der Waals surface area contributed by atoms with Crippen LogP contribution in [-0.2, 0) is 0 Å². The number of piperazine rings is 1. The highest BCUT2D eigenvalue weighted by atomic mass is 35.5. The Bertz CT molecular complexity index is 959. The van der Waals surface area contributed by atoms with E-state index in [0.717, 1.165) is 36.8 Å². The van der Waals surface area contributed by atoms with Gasteiger partial charge >= 0.3 is 0 Å². The van der Waals surface area contributed by atoms with Crippen LogP contribution in [-0.4, -0.2) is 42.3 Å². The van der Waals surface area contributed by atoms with Crippen LogP contribution in [0.5, 0.6) is 0 Å². The van der Waals surface area contributed by atoms with E-state index in [1.807, 2.05) is 30.5 Å². The highest BCUT2D eigenvalue weighted by molar-refractivity contribution is 6.30. The zero-order valence-electron chi connectivity index (χ0n) is 15.6. The number of hydrogen-bond acceptors (Lipinski definition) is 3. The molecule has 3 aromatic rings. The van der Waals surface area contributed by atoms with Gasteiger partial charge in [-0.1, -0.05) is 72.3 Å². The molecule has 3 aromatic carbocycles. The molecule has 0 atom stereocenters. The van der Waals surface area contributed by atoms with Crippen molar-refractivity contribution in [2.75, 3.05) is 26.2 Å². The molecule has 0 bridgehead atoms. The van der Waals surface area contributed by atoms with Crippen molar-refractivity contribution in [1.82, 2.24) is 9.91 Å². The predicted molar refractivity (Wildman–Crippen MR) is 116 cm³/mol. The van der Waals surface area contributed by atoms with Gasteiger partial charge in [-0.05, 0) is 39.9 Å². The fourth-order valence-electron chi connectivity index (χ4n) is 4.30. The van der Waals surface area contributed by atoms with Crippen molar-refractivity contribution in [1.29, 1.82) is 0 Å². The second-order valence-electron chi connectivity index (χ2n) is 7.36. The Labute approximate surface area is 170 Å². The minimum absolute atomic E-state index is 0.356. The van der Waals surface area contributed by atoms with Gasteiger partial charge in [0.1, 0.15) is 0 Å². The average Bonchev–Trinajstić information content (AvgIpc) is 3.08. The van der Waals surface area contributed by atoms with Crippen LogP contribution < -0.4 is 0 Å². The Morgan fingerprint density at radius 1 is 0.750 bits per heavy atom. The fourth-order valence-corrected chi connectivity index (χ4v) is 4.43. The van der Waals surface area contributed by atoms with Crippen molar-refractivity contribution in [3.05, 3.63) is 94.5 Å². The van der Waals surface area contributed by atoms with Gasteiger partial charge in [0, 0.05) is 31.2 Å². The quantitative estimate of drug-likeness (QED) is 0.585. The lowest BCUT2D eigenvalue weighted by atomic mass is 10.0. The van der Waals surface area contributed by atoms with Crippen molar-refractivity contribution in [3.63, 3.8) is 0 Å². The van der Waals surface area contributed by atoms with Crippen LogP contribution in [0.2, 0.25) is 5.02 Å². The summed E-state index contributed by atoms with van der Waals surface area (Å²) < 4.78 is 0. The Morgan fingerprint density at radius 3 is 1.93 bits per heavy atom. The molecule has 28 heavy (non-hydrogen) atoms. The number of rotatable bonds is 3. The summed E-state index contributed by atoms with van der Waals surface area (Å²) in [5.41, 5.74) is 6.70. The van der Waals surface area contributed by atoms with E-state index in [1.165, 1.54) is 22.3 Å². The smallest absolute Gasteiger partial charge is 0.0615 e. The Balaban J connectivity index is 1.31. The van der Waals surface area contributed by atoms with Crippen molar-refractivity contribution >= 4 is 17.8 Å². The fraction of sp³-hybridized carbons (Fsp3) is 0.208. The van der Waals surface area contributed by atoms with E-state index in [1.54, 1.807) is 0 Å². The molecule has 1 saturated heterocycles. The van der Waals surface area contributed by atoms with Crippen LogP contribution in [0.3, 0.4) is 0 Å². The molecular formula is C24H22ClN3. The number of halogens is 1. The summed E-state index contributed by atoms with van der Waals surface area (Å²) in [6.45, 7) is 3.88. The Kier molecular flexibility index (Phi) is 4.63. The lowest BCUT2D eigenvalue weighted by Gasteiger charge is -2.37. The number of hydrogen-bond donors (Lipinski definition) is 0. The topological polar surface area (TPSA) is 18.8 Å². The van der Waals surface area contributed by atoms with E-state index in [0.29, 0.717) is 6.04 Å². The third-order valence-electron chi connectivity index (χ3n) is 5.70. The number of nitrogens with zero attached hydrogens (tertiary/aromatic N) is 3. The van der Waals surface area contributed by atoms with Crippen LogP contribution >= 0.6 is 11.6 Å². The first-order valence-corrected chi connectivity index (χ1v) is 10.1. The summed E-state index contributed by atoms with van der Waals surface area (Å²) in [6.07, 6.45) is 1.92. The van der Waals surface area contributed by atoms with E-state index in [9.17, 15) is 0 Å². The molecule has 0 radical (unpaired) electrons. The largest absolute Gasteiger partial charge is 0.294 e. The van der Waals surface area contributed by atoms with Gasteiger partial charge in [-0.15, -0.1) is 0 Å². The molecule has 5 rings (SSSR count). The summed E-state index contributed by atoms with van der Waals surface area (Å²) in [5.74, 6) is 0. The first-order valence-electron chi connectivity index (χ1n) is 9.76. The van der Waals surface area contributed by atoms with Gasteiger partial charge in [-0.25, -0.2) is 0 Å². The third-order valence-corrected chi connectivity index (χ3v) is 5.95. The van der Waals surface area contributed by atoms with Crippen LogP contribution in [0, 0.1) is 0 Å². The van der Waals surface area contributed by atoms with Gasteiger partial charge in [0.2, 0.25) is 0 Å². The summed E-state index contributed by atoms with van der Waals surface area (Å²) in [4.78, 5) is 2.60. The second kappa shape index (κ2) is 7.42. The molecule has 4 heteroatoms. The molecule has 0 N–H and O–H groups in total. The monoisotopic (exact) mass is 387 g/mol. The number of fused-ring (bicyclic) bond motifs is 3. The summed E-state index contributed by atoms with van der Waals surface area (Å²) in [6, 6.07) is 25.8. The van der Waals surface area contributed by atoms with Gasteiger partial charge < -0.3 is 0 Å². The van der Waals surface area contributed by atoms with E-state index in [2.05, 4.69) is 63.5 Å². The molecule has 1 aliphatic heterocycles. The zero-order chi connectivity index (χ0) is 18.9. The van der Waals surface area contributed by atoms with Crippen LogP contribution in [0.4, 0.5) is 0 Å². The van der Waals surface area contributed by atoms with Crippen molar-refractivity contribution in [3.8, 4) is 11.1 Å². The number of hydrazone groups is 1. The summed E-state index contributed by atoms with van der Waals surface area (Å²) in [5, 5.41) is 7.59. The van der Waals surface area contributed by atoms with E-state index >= 15 is 0 Å².